The van der Waals surface area contributed by atoms with Crippen molar-refractivity contribution in [1.29, 1.82) is 0 Å². The van der Waals surface area contributed by atoms with Crippen molar-refractivity contribution in [3.63, 3.8) is 0 Å². The quantitative estimate of drug-likeness (QED) is 0.724. The standard InChI is InChI=1S/C16H33N3O/c1-7-16(8-2,11-17)13(20)18-12-9-14(3,4)19-15(5,6)10-12/h12,19H,7-11,17H2,1-6H3,(H,18,20). The number of carbonyl (C=O) groups is 1. The number of rotatable bonds is 5. The highest BCUT2D eigenvalue weighted by atomic mass is 16.2. The van der Waals surface area contributed by atoms with Crippen molar-refractivity contribution in [3.8, 4) is 0 Å². The molecular formula is C16H33N3O. The minimum atomic E-state index is -0.404. The van der Waals surface area contributed by atoms with Crippen molar-refractivity contribution in [1.82, 2.24) is 10.6 Å². The zero-order valence-electron chi connectivity index (χ0n) is 14.1. The fraction of sp³-hybridized carbons (Fsp3) is 0.938. The van der Waals surface area contributed by atoms with Gasteiger partial charge in [0.1, 0.15) is 0 Å². The molecule has 1 rings (SSSR count). The van der Waals surface area contributed by atoms with Crippen LogP contribution >= 0.6 is 0 Å². The predicted molar refractivity (Wildman–Crippen MR) is 84.5 cm³/mol. The lowest BCUT2D eigenvalue weighted by Gasteiger charge is -2.47. The molecule has 0 radical (unpaired) electrons. The van der Waals surface area contributed by atoms with Gasteiger partial charge in [0.25, 0.3) is 0 Å². The lowest BCUT2D eigenvalue weighted by atomic mass is 9.77. The minimum Gasteiger partial charge on any atom is -0.353 e. The summed E-state index contributed by atoms with van der Waals surface area (Å²) in [5.41, 5.74) is 5.55. The van der Waals surface area contributed by atoms with E-state index in [1.807, 2.05) is 13.8 Å². The molecule has 4 heteroatoms. The average molecular weight is 283 g/mol. The molecule has 0 atom stereocenters. The Hall–Kier alpha value is -0.610. The van der Waals surface area contributed by atoms with Gasteiger partial charge in [0.05, 0.1) is 5.41 Å². The van der Waals surface area contributed by atoms with Gasteiger partial charge in [-0.2, -0.15) is 0 Å². The Morgan fingerprint density at radius 2 is 1.65 bits per heavy atom. The zero-order valence-corrected chi connectivity index (χ0v) is 14.1. The first-order valence-corrected chi connectivity index (χ1v) is 7.90. The van der Waals surface area contributed by atoms with Crippen molar-refractivity contribution in [3.05, 3.63) is 0 Å². The first-order valence-electron chi connectivity index (χ1n) is 7.90. The van der Waals surface area contributed by atoms with Gasteiger partial charge >= 0.3 is 0 Å². The van der Waals surface area contributed by atoms with Gasteiger partial charge in [-0.05, 0) is 53.4 Å². The molecule has 0 bridgehead atoms. The Morgan fingerprint density at radius 3 is 2.00 bits per heavy atom. The molecule has 1 fully saturated rings. The number of amides is 1. The van der Waals surface area contributed by atoms with Crippen LogP contribution in [0.3, 0.4) is 0 Å². The van der Waals surface area contributed by atoms with Crippen molar-refractivity contribution in [2.75, 3.05) is 6.54 Å². The first kappa shape index (κ1) is 17.4. The summed E-state index contributed by atoms with van der Waals surface area (Å²) >= 11 is 0. The van der Waals surface area contributed by atoms with Gasteiger partial charge in [-0.3, -0.25) is 4.79 Å². The molecule has 1 amide bonds. The van der Waals surface area contributed by atoms with E-state index in [0.717, 1.165) is 25.7 Å². The Labute approximate surface area is 124 Å². The second-order valence-corrected chi connectivity index (χ2v) is 7.66. The second kappa shape index (κ2) is 6.02. The molecule has 0 aliphatic carbocycles. The number of hydrogen-bond acceptors (Lipinski definition) is 3. The molecule has 4 N–H and O–H groups in total. The van der Waals surface area contributed by atoms with Crippen LogP contribution in [0.5, 0.6) is 0 Å². The van der Waals surface area contributed by atoms with E-state index < -0.39 is 5.41 Å². The molecule has 118 valence electrons. The molecule has 0 saturated carbocycles. The van der Waals surface area contributed by atoms with E-state index in [-0.39, 0.29) is 23.0 Å². The van der Waals surface area contributed by atoms with Crippen LogP contribution in [0, 0.1) is 5.41 Å². The normalized spacial score (nSPS) is 22.6. The third kappa shape index (κ3) is 3.95. The molecule has 1 aliphatic heterocycles. The zero-order chi connectivity index (χ0) is 15.6. The van der Waals surface area contributed by atoms with Gasteiger partial charge < -0.3 is 16.4 Å². The first-order chi connectivity index (χ1) is 9.10. The van der Waals surface area contributed by atoms with Gasteiger partial charge in [0.2, 0.25) is 5.91 Å². The van der Waals surface area contributed by atoms with Crippen LogP contribution in [0.4, 0.5) is 0 Å². The average Bonchev–Trinajstić information content (AvgIpc) is 2.27. The maximum absolute atomic E-state index is 12.6. The molecule has 0 spiro atoms. The fourth-order valence-corrected chi connectivity index (χ4v) is 3.72. The summed E-state index contributed by atoms with van der Waals surface area (Å²) < 4.78 is 0. The maximum atomic E-state index is 12.6. The van der Waals surface area contributed by atoms with Gasteiger partial charge in [0, 0.05) is 23.7 Å². The highest BCUT2D eigenvalue weighted by Gasteiger charge is 2.41. The highest BCUT2D eigenvalue weighted by molar-refractivity contribution is 5.83. The monoisotopic (exact) mass is 283 g/mol. The molecule has 0 aromatic heterocycles. The number of nitrogens with two attached hydrogens (primary N) is 1. The van der Waals surface area contributed by atoms with E-state index in [2.05, 4.69) is 38.3 Å². The van der Waals surface area contributed by atoms with Crippen LogP contribution in [0.2, 0.25) is 0 Å². The third-order valence-corrected chi connectivity index (χ3v) is 4.75. The molecule has 0 aromatic rings. The lowest BCUT2D eigenvalue weighted by Crippen LogP contribution is -2.63. The molecule has 4 nitrogen and oxygen atoms in total. The molecule has 0 aromatic carbocycles. The summed E-state index contributed by atoms with van der Waals surface area (Å²) in [4.78, 5) is 12.6. The molecule has 1 aliphatic rings. The predicted octanol–water partition coefficient (Wildman–Crippen LogP) is 2.18. The third-order valence-electron chi connectivity index (χ3n) is 4.75. The summed E-state index contributed by atoms with van der Waals surface area (Å²) in [5.74, 6) is 0.128. The Morgan fingerprint density at radius 1 is 1.20 bits per heavy atom. The van der Waals surface area contributed by atoms with Crippen LogP contribution in [-0.2, 0) is 4.79 Å². The summed E-state index contributed by atoms with van der Waals surface area (Å²) in [7, 11) is 0. The van der Waals surface area contributed by atoms with E-state index in [4.69, 9.17) is 5.73 Å². The Kier molecular flexibility index (Phi) is 5.25. The minimum absolute atomic E-state index is 0.0451. The number of nitrogens with one attached hydrogen (secondary N) is 2. The van der Waals surface area contributed by atoms with Crippen molar-refractivity contribution < 1.29 is 4.79 Å². The summed E-state index contributed by atoms with van der Waals surface area (Å²) in [6.45, 7) is 13.3. The molecule has 0 unspecified atom stereocenters. The van der Waals surface area contributed by atoms with E-state index in [0.29, 0.717) is 6.54 Å². The van der Waals surface area contributed by atoms with Crippen molar-refractivity contribution >= 4 is 5.91 Å². The topological polar surface area (TPSA) is 67.2 Å². The Bertz CT molecular complexity index is 321. The van der Waals surface area contributed by atoms with Gasteiger partial charge in [-0.25, -0.2) is 0 Å². The van der Waals surface area contributed by atoms with Gasteiger partial charge in [-0.15, -0.1) is 0 Å². The van der Waals surface area contributed by atoms with Gasteiger partial charge in [0.15, 0.2) is 0 Å². The number of hydrogen-bond donors (Lipinski definition) is 3. The van der Waals surface area contributed by atoms with Crippen LogP contribution < -0.4 is 16.4 Å². The largest absolute Gasteiger partial charge is 0.353 e. The van der Waals surface area contributed by atoms with Crippen LogP contribution in [-0.4, -0.2) is 29.6 Å². The molecule has 20 heavy (non-hydrogen) atoms. The van der Waals surface area contributed by atoms with E-state index in [9.17, 15) is 4.79 Å². The SMILES string of the molecule is CCC(CC)(CN)C(=O)NC1CC(C)(C)NC(C)(C)C1. The van der Waals surface area contributed by atoms with Crippen molar-refractivity contribution in [2.45, 2.75) is 84.3 Å². The summed E-state index contributed by atoms with van der Waals surface area (Å²) in [6, 6.07) is 0.220. The maximum Gasteiger partial charge on any atom is 0.227 e. The smallest absolute Gasteiger partial charge is 0.227 e. The van der Waals surface area contributed by atoms with E-state index in [1.54, 1.807) is 0 Å². The highest BCUT2D eigenvalue weighted by Crippen LogP contribution is 2.30. The van der Waals surface area contributed by atoms with Gasteiger partial charge in [-0.1, -0.05) is 13.8 Å². The second-order valence-electron chi connectivity index (χ2n) is 7.66. The van der Waals surface area contributed by atoms with Crippen LogP contribution in [0.1, 0.15) is 67.2 Å². The van der Waals surface area contributed by atoms with Crippen LogP contribution in [0.15, 0.2) is 0 Å². The number of piperidine rings is 1. The summed E-state index contributed by atoms with van der Waals surface area (Å²) in [6.07, 6.45) is 3.50. The fourth-order valence-electron chi connectivity index (χ4n) is 3.72. The molecular weight excluding hydrogens is 250 g/mol. The number of carbonyl (C=O) groups excluding carboxylic acids is 1. The van der Waals surface area contributed by atoms with E-state index >= 15 is 0 Å². The Balaban J connectivity index is 2.79. The molecule has 1 heterocycles. The molecule has 1 saturated heterocycles. The summed E-state index contributed by atoms with van der Waals surface area (Å²) in [5, 5.41) is 6.90. The lowest BCUT2D eigenvalue weighted by molar-refractivity contribution is -0.132. The van der Waals surface area contributed by atoms with E-state index in [1.165, 1.54) is 0 Å². The van der Waals surface area contributed by atoms with Crippen molar-refractivity contribution in [2.24, 2.45) is 11.1 Å². The van der Waals surface area contributed by atoms with Crippen LogP contribution in [0.25, 0.3) is 0 Å².